The fourth-order valence-electron chi connectivity index (χ4n) is 1.73. The summed E-state index contributed by atoms with van der Waals surface area (Å²) in [7, 11) is 0. The normalized spacial score (nSPS) is 10.0. The van der Waals surface area contributed by atoms with E-state index in [0.29, 0.717) is 11.1 Å². The van der Waals surface area contributed by atoms with Gasteiger partial charge in [-0.1, -0.05) is 54.6 Å². The Labute approximate surface area is 105 Å². The minimum Gasteiger partial charge on any atom is -0.369 e. The van der Waals surface area contributed by atoms with Gasteiger partial charge >= 0.3 is 0 Å². The van der Waals surface area contributed by atoms with Gasteiger partial charge in [0.25, 0.3) is 0 Å². The van der Waals surface area contributed by atoms with Crippen LogP contribution in [0.15, 0.2) is 54.6 Å². The van der Waals surface area contributed by atoms with E-state index >= 15 is 0 Å². The second-order valence-corrected chi connectivity index (χ2v) is 4.04. The van der Waals surface area contributed by atoms with Gasteiger partial charge < -0.3 is 5.73 Å². The molecule has 0 bridgehead atoms. The number of nitrogens with two attached hydrogens (primary N) is 1. The van der Waals surface area contributed by atoms with Crippen LogP contribution >= 0.6 is 0 Å². The molecule has 2 aromatic carbocycles. The topological polar surface area (TPSA) is 60.2 Å². The smallest absolute Gasteiger partial charge is 0.221 e. The lowest BCUT2D eigenvalue weighted by Crippen LogP contribution is -2.13. The fraction of sp³-hybridized carbons (Fsp3) is 0.0667. The lowest BCUT2D eigenvalue weighted by molar-refractivity contribution is -0.117. The minimum absolute atomic E-state index is 0.0266. The van der Waals surface area contributed by atoms with E-state index in [2.05, 4.69) is 0 Å². The van der Waals surface area contributed by atoms with E-state index in [4.69, 9.17) is 5.73 Å². The maximum absolute atomic E-state index is 12.1. The number of benzene rings is 2. The Hall–Kier alpha value is -2.42. The Balaban J connectivity index is 2.20. The molecular weight excluding hydrogens is 226 g/mol. The van der Waals surface area contributed by atoms with Crippen LogP contribution in [0, 0.1) is 0 Å². The SMILES string of the molecule is NC(=O)Cc1ccc(C(=O)c2ccccc2)cc1. The van der Waals surface area contributed by atoms with Gasteiger partial charge in [0.1, 0.15) is 0 Å². The summed E-state index contributed by atoms with van der Waals surface area (Å²) in [6, 6.07) is 16.0. The van der Waals surface area contributed by atoms with E-state index < -0.39 is 0 Å². The van der Waals surface area contributed by atoms with Gasteiger partial charge in [0.05, 0.1) is 6.42 Å². The number of rotatable bonds is 4. The summed E-state index contributed by atoms with van der Waals surface area (Å²) in [5.41, 5.74) is 7.18. The van der Waals surface area contributed by atoms with Crippen molar-refractivity contribution in [3.05, 3.63) is 71.3 Å². The molecule has 3 heteroatoms. The van der Waals surface area contributed by atoms with E-state index in [1.54, 1.807) is 36.4 Å². The zero-order valence-corrected chi connectivity index (χ0v) is 9.80. The van der Waals surface area contributed by atoms with Crippen LogP contribution in [-0.4, -0.2) is 11.7 Å². The highest BCUT2D eigenvalue weighted by molar-refractivity contribution is 6.08. The summed E-state index contributed by atoms with van der Waals surface area (Å²) in [5, 5.41) is 0. The molecule has 3 nitrogen and oxygen atoms in total. The Morgan fingerprint density at radius 3 is 1.94 bits per heavy atom. The first-order valence-corrected chi connectivity index (χ1v) is 5.64. The number of amides is 1. The van der Waals surface area contributed by atoms with Crippen LogP contribution in [0.5, 0.6) is 0 Å². The predicted octanol–water partition coefficient (Wildman–Crippen LogP) is 1.95. The van der Waals surface area contributed by atoms with Crippen LogP contribution < -0.4 is 5.73 Å². The number of carbonyl (C=O) groups excluding carboxylic acids is 2. The lowest BCUT2D eigenvalue weighted by Gasteiger charge is -2.02. The largest absolute Gasteiger partial charge is 0.369 e. The summed E-state index contributed by atoms with van der Waals surface area (Å²) in [6.07, 6.45) is 0.194. The first-order chi connectivity index (χ1) is 8.66. The van der Waals surface area contributed by atoms with Crippen molar-refractivity contribution in [2.24, 2.45) is 5.73 Å². The first-order valence-electron chi connectivity index (χ1n) is 5.64. The maximum Gasteiger partial charge on any atom is 0.221 e. The van der Waals surface area contributed by atoms with Crippen LogP contribution in [0.4, 0.5) is 0 Å². The quantitative estimate of drug-likeness (QED) is 0.829. The lowest BCUT2D eigenvalue weighted by atomic mass is 10.0. The Bertz CT molecular complexity index is 559. The molecule has 0 heterocycles. The average Bonchev–Trinajstić information content (AvgIpc) is 2.39. The molecule has 2 aromatic rings. The van der Waals surface area contributed by atoms with Gasteiger partial charge in [0.15, 0.2) is 5.78 Å². The summed E-state index contributed by atoms with van der Waals surface area (Å²) < 4.78 is 0. The highest BCUT2D eigenvalue weighted by Gasteiger charge is 2.08. The number of hydrogen-bond acceptors (Lipinski definition) is 2. The van der Waals surface area contributed by atoms with Crippen LogP contribution in [0.25, 0.3) is 0 Å². The van der Waals surface area contributed by atoms with E-state index in [1.165, 1.54) is 0 Å². The molecule has 0 radical (unpaired) electrons. The molecule has 18 heavy (non-hydrogen) atoms. The van der Waals surface area contributed by atoms with Crippen molar-refractivity contribution in [2.45, 2.75) is 6.42 Å². The molecule has 0 spiro atoms. The van der Waals surface area contributed by atoms with Crippen molar-refractivity contribution in [3.8, 4) is 0 Å². The highest BCUT2D eigenvalue weighted by Crippen LogP contribution is 2.11. The molecule has 2 N–H and O–H groups in total. The van der Waals surface area contributed by atoms with Gasteiger partial charge in [-0.25, -0.2) is 0 Å². The zero-order valence-electron chi connectivity index (χ0n) is 9.80. The number of ketones is 1. The van der Waals surface area contributed by atoms with Crippen molar-refractivity contribution in [2.75, 3.05) is 0 Å². The van der Waals surface area contributed by atoms with Crippen molar-refractivity contribution in [1.82, 2.24) is 0 Å². The van der Waals surface area contributed by atoms with Gasteiger partial charge in [-0.05, 0) is 5.56 Å². The maximum atomic E-state index is 12.1. The highest BCUT2D eigenvalue weighted by atomic mass is 16.1. The summed E-state index contributed by atoms with van der Waals surface area (Å²) in [6.45, 7) is 0. The number of hydrogen-bond donors (Lipinski definition) is 1. The molecule has 2 rings (SSSR count). The van der Waals surface area contributed by atoms with E-state index in [0.717, 1.165) is 5.56 Å². The molecule has 0 aliphatic carbocycles. The molecule has 0 aliphatic heterocycles. The molecule has 0 unspecified atom stereocenters. The predicted molar refractivity (Wildman–Crippen MR) is 69.2 cm³/mol. The number of primary amides is 1. The zero-order chi connectivity index (χ0) is 13.0. The Kier molecular flexibility index (Phi) is 3.53. The van der Waals surface area contributed by atoms with Gasteiger partial charge in [0.2, 0.25) is 5.91 Å². The van der Waals surface area contributed by atoms with E-state index in [1.807, 2.05) is 18.2 Å². The molecule has 0 fully saturated rings. The van der Waals surface area contributed by atoms with Crippen LogP contribution in [0.1, 0.15) is 21.5 Å². The van der Waals surface area contributed by atoms with Gasteiger partial charge in [-0.2, -0.15) is 0 Å². The van der Waals surface area contributed by atoms with Gasteiger partial charge in [0, 0.05) is 11.1 Å². The fourth-order valence-corrected chi connectivity index (χ4v) is 1.73. The first kappa shape index (κ1) is 12.0. The molecule has 0 aliphatic rings. The van der Waals surface area contributed by atoms with Crippen LogP contribution in [0.2, 0.25) is 0 Å². The molecule has 0 saturated heterocycles. The minimum atomic E-state index is -0.378. The van der Waals surface area contributed by atoms with Crippen molar-refractivity contribution in [3.63, 3.8) is 0 Å². The summed E-state index contributed by atoms with van der Waals surface area (Å²) in [5.74, 6) is -0.404. The van der Waals surface area contributed by atoms with Crippen molar-refractivity contribution < 1.29 is 9.59 Å². The third-order valence-electron chi connectivity index (χ3n) is 2.63. The Morgan fingerprint density at radius 2 is 1.39 bits per heavy atom. The summed E-state index contributed by atoms with van der Waals surface area (Å²) in [4.78, 5) is 22.9. The van der Waals surface area contributed by atoms with Crippen LogP contribution in [-0.2, 0) is 11.2 Å². The second-order valence-electron chi connectivity index (χ2n) is 4.04. The molecule has 0 aromatic heterocycles. The molecule has 1 amide bonds. The average molecular weight is 239 g/mol. The number of carbonyl (C=O) groups is 2. The van der Waals surface area contributed by atoms with Crippen molar-refractivity contribution in [1.29, 1.82) is 0 Å². The second kappa shape index (κ2) is 5.27. The van der Waals surface area contributed by atoms with E-state index in [9.17, 15) is 9.59 Å². The van der Waals surface area contributed by atoms with Crippen molar-refractivity contribution >= 4 is 11.7 Å². The molecular formula is C15H13NO2. The Morgan fingerprint density at radius 1 is 0.833 bits per heavy atom. The third-order valence-corrected chi connectivity index (χ3v) is 2.63. The summed E-state index contributed by atoms with van der Waals surface area (Å²) >= 11 is 0. The molecule has 0 atom stereocenters. The van der Waals surface area contributed by atoms with E-state index in [-0.39, 0.29) is 18.1 Å². The van der Waals surface area contributed by atoms with Crippen LogP contribution in [0.3, 0.4) is 0 Å². The van der Waals surface area contributed by atoms with Gasteiger partial charge in [-0.15, -0.1) is 0 Å². The monoisotopic (exact) mass is 239 g/mol. The molecule has 90 valence electrons. The standard InChI is InChI=1S/C15H13NO2/c16-14(17)10-11-6-8-13(9-7-11)15(18)12-4-2-1-3-5-12/h1-9H,10H2,(H2,16,17). The molecule has 0 saturated carbocycles. The third kappa shape index (κ3) is 2.83. The van der Waals surface area contributed by atoms with Gasteiger partial charge in [-0.3, -0.25) is 9.59 Å².